The third-order valence-electron chi connectivity index (χ3n) is 4.89. The summed E-state index contributed by atoms with van der Waals surface area (Å²) in [5, 5.41) is 12.7. The molecule has 0 atom stereocenters. The van der Waals surface area contributed by atoms with Gasteiger partial charge in [-0.3, -0.25) is 4.79 Å². The molecule has 0 radical (unpaired) electrons. The Kier molecular flexibility index (Phi) is 6.24. The normalized spacial score (nSPS) is 10.2. The topological polar surface area (TPSA) is 75.0 Å². The fraction of sp³-hybridized carbons (Fsp3) is 0.0741. The van der Waals surface area contributed by atoms with E-state index in [1.165, 1.54) is 0 Å². The molecule has 1 heterocycles. The Balaban J connectivity index is 1.67. The van der Waals surface area contributed by atoms with Gasteiger partial charge < -0.3 is 10.1 Å². The number of nitriles is 1. The summed E-state index contributed by atoms with van der Waals surface area (Å²) in [4.78, 5) is 17.0. The van der Waals surface area contributed by atoms with Crippen molar-refractivity contribution in [2.45, 2.75) is 6.92 Å². The Bertz CT molecular complexity index is 1280. The average molecular weight is 419 g/mol. The number of ether oxygens (including phenoxy) is 1. The quantitative estimate of drug-likeness (QED) is 0.441. The first-order chi connectivity index (χ1) is 15.6. The molecule has 0 unspecified atom stereocenters. The van der Waals surface area contributed by atoms with Gasteiger partial charge in [0, 0.05) is 16.8 Å². The van der Waals surface area contributed by atoms with Crippen LogP contribution in [0.2, 0.25) is 0 Å². The van der Waals surface area contributed by atoms with Crippen LogP contribution in [0.3, 0.4) is 0 Å². The lowest BCUT2D eigenvalue weighted by atomic mass is 9.99. The van der Waals surface area contributed by atoms with E-state index in [-0.39, 0.29) is 18.4 Å². The van der Waals surface area contributed by atoms with E-state index in [1.54, 1.807) is 0 Å². The maximum absolute atomic E-state index is 12.5. The van der Waals surface area contributed by atoms with E-state index >= 15 is 0 Å². The van der Waals surface area contributed by atoms with Gasteiger partial charge in [0.25, 0.3) is 5.91 Å². The summed E-state index contributed by atoms with van der Waals surface area (Å²) < 4.78 is 5.77. The molecule has 156 valence electrons. The number of hydrogen-bond acceptors (Lipinski definition) is 4. The van der Waals surface area contributed by atoms with Gasteiger partial charge in [-0.25, -0.2) is 4.98 Å². The molecule has 1 N–H and O–H groups in total. The monoisotopic (exact) mass is 419 g/mol. The molecule has 0 aliphatic carbocycles. The number of carbonyl (C=O) groups excluding carboxylic acids is 1. The van der Waals surface area contributed by atoms with Crippen LogP contribution >= 0.6 is 0 Å². The Labute approximate surface area is 186 Å². The van der Waals surface area contributed by atoms with Crippen LogP contribution in [0.1, 0.15) is 11.1 Å². The van der Waals surface area contributed by atoms with Crippen LogP contribution in [-0.2, 0) is 4.79 Å². The van der Waals surface area contributed by atoms with Crippen molar-refractivity contribution in [3.8, 4) is 34.3 Å². The van der Waals surface area contributed by atoms with Gasteiger partial charge >= 0.3 is 0 Å². The van der Waals surface area contributed by atoms with Gasteiger partial charge in [-0.1, -0.05) is 72.8 Å². The average Bonchev–Trinajstić information content (AvgIpc) is 2.83. The zero-order valence-corrected chi connectivity index (χ0v) is 17.6. The number of carbonyl (C=O) groups is 1. The molecular formula is C27H21N3O2. The fourth-order valence-corrected chi connectivity index (χ4v) is 3.39. The molecule has 0 fully saturated rings. The highest BCUT2D eigenvalue weighted by Crippen LogP contribution is 2.33. The van der Waals surface area contributed by atoms with E-state index in [1.807, 2.05) is 97.9 Å². The lowest BCUT2D eigenvalue weighted by Gasteiger charge is -2.14. The Morgan fingerprint density at radius 3 is 2.28 bits per heavy atom. The second-order valence-electron chi connectivity index (χ2n) is 7.29. The van der Waals surface area contributed by atoms with Crippen molar-refractivity contribution in [2.75, 3.05) is 11.9 Å². The van der Waals surface area contributed by atoms with Crippen LogP contribution in [0.5, 0.6) is 5.88 Å². The molecule has 1 aromatic heterocycles. The number of rotatable bonds is 6. The molecule has 5 heteroatoms. The fourth-order valence-electron chi connectivity index (χ4n) is 3.39. The van der Waals surface area contributed by atoms with E-state index < -0.39 is 0 Å². The maximum Gasteiger partial charge on any atom is 0.262 e. The molecule has 0 saturated heterocycles. The number of benzene rings is 3. The summed E-state index contributed by atoms with van der Waals surface area (Å²) in [5.41, 5.74) is 5.16. The number of aromatic nitrogens is 1. The summed E-state index contributed by atoms with van der Waals surface area (Å²) in [6, 6.07) is 30.9. The van der Waals surface area contributed by atoms with Gasteiger partial charge in [0.2, 0.25) is 5.88 Å². The van der Waals surface area contributed by atoms with Gasteiger partial charge in [-0.2, -0.15) is 5.26 Å². The van der Waals surface area contributed by atoms with Crippen molar-refractivity contribution in [3.05, 3.63) is 102 Å². The highest BCUT2D eigenvalue weighted by atomic mass is 16.5. The molecule has 4 aromatic rings. The van der Waals surface area contributed by atoms with E-state index in [0.717, 1.165) is 16.7 Å². The highest BCUT2D eigenvalue weighted by molar-refractivity contribution is 5.92. The highest BCUT2D eigenvalue weighted by Gasteiger charge is 2.17. The molecule has 1 amide bonds. The second kappa shape index (κ2) is 9.59. The van der Waals surface area contributed by atoms with Gasteiger partial charge in [0.15, 0.2) is 6.61 Å². The zero-order valence-electron chi connectivity index (χ0n) is 17.6. The Morgan fingerprint density at radius 1 is 0.938 bits per heavy atom. The zero-order chi connectivity index (χ0) is 22.3. The first-order valence-electron chi connectivity index (χ1n) is 10.2. The number of nitrogens with zero attached hydrogens (tertiary/aromatic N) is 2. The van der Waals surface area contributed by atoms with Crippen LogP contribution in [0.15, 0.2) is 91.0 Å². The molecule has 0 aliphatic rings. The third-order valence-corrected chi connectivity index (χ3v) is 4.89. The van der Waals surface area contributed by atoms with Crippen LogP contribution < -0.4 is 10.1 Å². The summed E-state index contributed by atoms with van der Waals surface area (Å²) >= 11 is 0. The molecule has 0 aliphatic heterocycles. The number of nitrogens with one attached hydrogen (secondary N) is 1. The largest absolute Gasteiger partial charge is 0.467 e. The molecular weight excluding hydrogens is 398 g/mol. The predicted octanol–water partition coefficient (Wildman–Crippen LogP) is 5.61. The Hall–Kier alpha value is -4.43. The third kappa shape index (κ3) is 4.82. The molecule has 0 spiro atoms. The Morgan fingerprint density at radius 2 is 1.62 bits per heavy atom. The second-order valence-corrected chi connectivity index (χ2v) is 7.29. The minimum Gasteiger partial charge on any atom is -0.467 e. The molecule has 4 rings (SSSR count). The summed E-state index contributed by atoms with van der Waals surface area (Å²) in [7, 11) is 0. The van der Waals surface area contributed by atoms with Crippen molar-refractivity contribution in [2.24, 2.45) is 0 Å². The molecule has 0 bridgehead atoms. The van der Waals surface area contributed by atoms with Crippen LogP contribution in [0.4, 0.5) is 5.69 Å². The van der Waals surface area contributed by atoms with Crippen molar-refractivity contribution < 1.29 is 9.53 Å². The van der Waals surface area contributed by atoms with Crippen molar-refractivity contribution in [3.63, 3.8) is 0 Å². The van der Waals surface area contributed by atoms with Crippen LogP contribution in [0, 0.1) is 18.3 Å². The minimum atomic E-state index is -0.326. The van der Waals surface area contributed by atoms with Gasteiger partial charge in [0.05, 0.1) is 5.69 Å². The lowest BCUT2D eigenvalue weighted by Crippen LogP contribution is -2.21. The first kappa shape index (κ1) is 20.8. The van der Waals surface area contributed by atoms with Gasteiger partial charge in [0.1, 0.15) is 11.6 Å². The summed E-state index contributed by atoms with van der Waals surface area (Å²) in [5.74, 6) is -0.195. The summed E-state index contributed by atoms with van der Waals surface area (Å²) in [6.07, 6.45) is 0. The van der Waals surface area contributed by atoms with Crippen molar-refractivity contribution in [1.29, 1.82) is 5.26 Å². The number of amides is 1. The lowest BCUT2D eigenvalue weighted by molar-refractivity contribution is -0.118. The summed E-state index contributed by atoms with van der Waals surface area (Å²) in [6.45, 7) is 1.69. The molecule has 32 heavy (non-hydrogen) atoms. The molecule has 5 nitrogen and oxygen atoms in total. The first-order valence-corrected chi connectivity index (χ1v) is 10.2. The molecule has 3 aromatic carbocycles. The van der Waals surface area contributed by atoms with Gasteiger partial charge in [-0.15, -0.1) is 0 Å². The molecule has 0 saturated carbocycles. The maximum atomic E-state index is 12.5. The van der Waals surface area contributed by atoms with E-state index in [0.29, 0.717) is 22.5 Å². The van der Waals surface area contributed by atoms with E-state index in [4.69, 9.17) is 4.74 Å². The van der Waals surface area contributed by atoms with Crippen LogP contribution in [0.25, 0.3) is 22.4 Å². The number of hydrogen-bond donors (Lipinski definition) is 1. The smallest absolute Gasteiger partial charge is 0.262 e. The number of pyridine rings is 1. The van der Waals surface area contributed by atoms with Gasteiger partial charge in [-0.05, 0) is 36.2 Å². The number of aryl methyl sites for hydroxylation is 1. The standard InChI is InChI=1S/C27H21N3O2/c1-19-9-8-14-22(15-19)29-26(31)18-32-27-24(17-28)23(20-10-4-2-5-11-20)16-25(30-27)21-12-6-3-7-13-21/h2-16H,18H2,1H3,(H,29,31). The van der Waals surface area contributed by atoms with Crippen molar-refractivity contribution in [1.82, 2.24) is 4.98 Å². The number of anilines is 1. The predicted molar refractivity (Wildman–Crippen MR) is 125 cm³/mol. The van der Waals surface area contributed by atoms with Crippen molar-refractivity contribution >= 4 is 11.6 Å². The van der Waals surface area contributed by atoms with Crippen LogP contribution in [-0.4, -0.2) is 17.5 Å². The van der Waals surface area contributed by atoms with E-state index in [9.17, 15) is 10.1 Å². The SMILES string of the molecule is Cc1cccc(NC(=O)COc2nc(-c3ccccc3)cc(-c3ccccc3)c2C#N)c1. The minimum absolute atomic E-state index is 0.132. The van der Waals surface area contributed by atoms with E-state index in [2.05, 4.69) is 16.4 Å².